The first-order chi connectivity index (χ1) is 11.5. The molecule has 0 aliphatic heterocycles. The molecule has 0 aromatic rings. The number of ketones is 1. The van der Waals surface area contributed by atoms with Crippen molar-refractivity contribution in [2.75, 3.05) is 13.2 Å². The highest BCUT2D eigenvalue weighted by Crippen LogP contribution is 2.33. The summed E-state index contributed by atoms with van der Waals surface area (Å²) in [6, 6.07) is 0. The fraction of sp³-hybridized carbons (Fsp3) is 0.350. The minimum absolute atomic E-state index is 0.0163. The Morgan fingerprint density at radius 1 is 1.29 bits per heavy atom. The van der Waals surface area contributed by atoms with Gasteiger partial charge in [0.05, 0.1) is 19.0 Å². The molecule has 0 fully saturated rings. The highest BCUT2D eigenvalue weighted by molar-refractivity contribution is 6.05. The largest absolute Gasteiger partial charge is 0.512 e. The van der Waals surface area contributed by atoms with Crippen LogP contribution in [0.3, 0.4) is 0 Å². The van der Waals surface area contributed by atoms with E-state index in [1.165, 1.54) is 6.08 Å². The number of rotatable bonds is 5. The summed E-state index contributed by atoms with van der Waals surface area (Å²) < 4.78 is 0. The third-order valence-electron chi connectivity index (χ3n) is 4.27. The van der Waals surface area contributed by atoms with Gasteiger partial charge in [-0.2, -0.15) is 0 Å². The Kier molecular flexibility index (Phi) is 6.12. The third kappa shape index (κ3) is 4.22. The maximum absolute atomic E-state index is 11.5. The Labute approximate surface area is 142 Å². The van der Waals surface area contributed by atoms with E-state index in [1.807, 2.05) is 25.2 Å². The summed E-state index contributed by atoms with van der Waals surface area (Å²) in [6.07, 6.45) is 12.9. The molecular weight excluding hydrogens is 304 g/mol. The molecule has 24 heavy (non-hydrogen) atoms. The molecule has 0 aromatic heterocycles. The minimum atomic E-state index is -0.359. The summed E-state index contributed by atoms with van der Waals surface area (Å²) in [7, 11) is 0. The van der Waals surface area contributed by atoms with Crippen molar-refractivity contribution in [3.8, 4) is 0 Å². The Morgan fingerprint density at radius 2 is 2.04 bits per heavy atom. The minimum Gasteiger partial charge on any atom is -0.512 e. The summed E-state index contributed by atoms with van der Waals surface area (Å²) in [6.45, 7) is 3.51. The fourth-order valence-corrected chi connectivity index (χ4v) is 2.93. The van der Waals surface area contributed by atoms with E-state index in [0.29, 0.717) is 17.6 Å². The first kappa shape index (κ1) is 18.2. The predicted molar refractivity (Wildman–Crippen MR) is 94.3 cm³/mol. The van der Waals surface area contributed by atoms with E-state index in [2.05, 4.69) is 0 Å². The Morgan fingerprint density at radius 3 is 2.67 bits per heavy atom. The zero-order valence-corrected chi connectivity index (χ0v) is 14.1. The lowest BCUT2D eigenvalue weighted by molar-refractivity contribution is -0.111. The number of aliphatic hydroxyl groups is 3. The molecule has 4 heteroatoms. The Hall–Kier alpha value is -2.17. The molecule has 0 bridgehead atoms. The van der Waals surface area contributed by atoms with Crippen LogP contribution in [0.15, 0.2) is 70.6 Å². The standard InChI is InChI=1S/C20H24O4/c1-13-8-16(5-6-19(13)23)10-17(12-22)18-11-15(4-3-7-21)9-14(2)20(18)24/h3-6,8,10-11,14,17,21-22,24H,7,9,12H2,1-2H3/b4-3+,16-10+. The molecule has 128 valence electrons. The molecule has 0 heterocycles. The second-order valence-corrected chi connectivity index (χ2v) is 6.23. The van der Waals surface area contributed by atoms with Gasteiger partial charge in [-0.3, -0.25) is 4.79 Å². The maximum atomic E-state index is 11.5. The van der Waals surface area contributed by atoms with Crippen LogP contribution in [0.5, 0.6) is 0 Å². The van der Waals surface area contributed by atoms with Crippen LogP contribution in [0, 0.1) is 11.8 Å². The normalized spacial score (nSPS) is 24.6. The van der Waals surface area contributed by atoms with Crippen molar-refractivity contribution in [1.29, 1.82) is 0 Å². The van der Waals surface area contributed by atoms with E-state index in [4.69, 9.17) is 5.11 Å². The van der Waals surface area contributed by atoms with Crippen molar-refractivity contribution in [1.82, 2.24) is 0 Å². The Balaban J connectivity index is 2.36. The van der Waals surface area contributed by atoms with Gasteiger partial charge in [-0.15, -0.1) is 0 Å². The van der Waals surface area contributed by atoms with E-state index in [1.54, 1.807) is 25.2 Å². The van der Waals surface area contributed by atoms with Crippen LogP contribution in [0.1, 0.15) is 20.3 Å². The van der Waals surface area contributed by atoms with Gasteiger partial charge in [0.15, 0.2) is 5.78 Å². The monoisotopic (exact) mass is 328 g/mol. The lowest BCUT2D eigenvalue weighted by Gasteiger charge is -2.24. The molecule has 2 unspecified atom stereocenters. The number of allylic oxidation sites excluding steroid dienone is 9. The van der Waals surface area contributed by atoms with Crippen LogP contribution in [-0.4, -0.2) is 34.3 Å². The molecule has 2 aliphatic rings. The highest BCUT2D eigenvalue weighted by Gasteiger charge is 2.23. The molecule has 4 nitrogen and oxygen atoms in total. The summed E-state index contributed by atoms with van der Waals surface area (Å²) in [5.74, 6) is -0.139. The van der Waals surface area contributed by atoms with Crippen LogP contribution in [0.2, 0.25) is 0 Å². The molecule has 2 rings (SSSR count). The number of carbonyl (C=O) groups excluding carboxylic acids is 1. The number of carbonyl (C=O) groups is 1. The van der Waals surface area contributed by atoms with Crippen molar-refractivity contribution < 1.29 is 20.1 Å². The van der Waals surface area contributed by atoms with Crippen LogP contribution in [-0.2, 0) is 4.79 Å². The van der Waals surface area contributed by atoms with Gasteiger partial charge in [0, 0.05) is 11.8 Å². The molecule has 0 spiro atoms. The molecule has 2 aliphatic carbocycles. The van der Waals surface area contributed by atoms with E-state index < -0.39 is 0 Å². The first-order valence-electron chi connectivity index (χ1n) is 8.10. The zero-order chi connectivity index (χ0) is 17.7. The summed E-state index contributed by atoms with van der Waals surface area (Å²) >= 11 is 0. The van der Waals surface area contributed by atoms with Gasteiger partial charge in [-0.1, -0.05) is 37.3 Å². The van der Waals surface area contributed by atoms with Gasteiger partial charge in [0.1, 0.15) is 0 Å². The SMILES string of the molecule is CC1=C/C(=C/C(CO)C2=C(O)C(C)CC(/C=C/CO)=C2)C=CC1=O. The van der Waals surface area contributed by atoms with Crippen molar-refractivity contribution >= 4 is 5.78 Å². The molecule has 0 saturated heterocycles. The molecule has 0 radical (unpaired) electrons. The van der Waals surface area contributed by atoms with Gasteiger partial charge in [0.2, 0.25) is 0 Å². The second-order valence-electron chi connectivity index (χ2n) is 6.23. The summed E-state index contributed by atoms with van der Waals surface area (Å²) in [5, 5.41) is 29.2. The van der Waals surface area contributed by atoms with Gasteiger partial charge in [-0.25, -0.2) is 0 Å². The smallest absolute Gasteiger partial charge is 0.181 e. The van der Waals surface area contributed by atoms with Gasteiger partial charge < -0.3 is 15.3 Å². The third-order valence-corrected chi connectivity index (χ3v) is 4.27. The molecule has 0 amide bonds. The van der Waals surface area contributed by atoms with E-state index in [9.17, 15) is 15.0 Å². The van der Waals surface area contributed by atoms with Crippen molar-refractivity contribution in [3.05, 3.63) is 70.6 Å². The van der Waals surface area contributed by atoms with E-state index in [-0.39, 0.29) is 36.6 Å². The fourth-order valence-electron chi connectivity index (χ4n) is 2.93. The zero-order valence-electron chi connectivity index (χ0n) is 14.1. The topological polar surface area (TPSA) is 77.8 Å². The molecule has 2 atom stereocenters. The highest BCUT2D eigenvalue weighted by atomic mass is 16.3. The van der Waals surface area contributed by atoms with Crippen LogP contribution in [0.25, 0.3) is 0 Å². The lowest BCUT2D eigenvalue weighted by atomic mass is 9.83. The van der Waals surface area contributed by atoms with Crippen LogP contribution in [0.4, 0.5) is 0 Å². The number of hydrogen-bond acceptors (Lipinski definition) is 4. The summed E-state index contributed by atoms with van der Waals surface area (Å²) in [5.41, 5.74) is 3.17. The van der Waals surface area contributed by atoms with Gasteiger partial charge in [0.25, 0.3) is 0 Å². The lowest BCUT2D eigenvalue weighted by Crippen LogP contribution is -2.16. The number of hydrogen-bond donors (Lipinski definition) is 3. The molecule has 0 saturated carbocycles. The van der Waals surface area contributed by atoms with Crippen LogP contribution < -0.4 is 0 Å². The average molecular weight is 328 g/mol. The average Bonchev–Trinajstić information content (AvgIpc) is 2.57. The first-order valence-corrected chi connectivity index (χ1v) is 8.10. The molecular formula is C20H24O4. The Bertz CT molecular complexity index is 686. The molecule has 3 N–H and O–H groups in total. The van der Waals surface area contributed by atoms with E-state index in [0.717, 1.165) is 11.1 Å². The quantitative estimate of drug-likeness (QED) is 0.725. The van der Waals surface area contributed by atoms with Crippen molar-refractivity contribution in [2.24, 2.45) is 11.8 Å². The van der Waals surface area contributed by atoms with Crippen molar-refractivity contribution in [3.63, 3.8) is 0 Å². The maximum Gasteiger partial charge on any atom is 0.181 e. The molecule has 0 aromatic carbocycles. The van der Waals surface area contributed by atoms with E-state index >= 15 is 0 Å². The predicted octanol–water partition coefficient (Wildman–Crippen LogP) is 2.93. The van der Waals surface area contributed by atoms with Gasteiger partial charge >= 0.3 is 0 Å². The number of aliphatic hydroxyl groups excluding tert-OH is 3. The second kappa shape index (κ2) is 8.08. The van der Waals surface area contributed by atoms with Gasteiger partial charge in [-0.05, 0) is 47.8 Å². The van der Waals surface area contributed by atoms with Crippen molar-refractivity contribution in [2.45, 2.75) is 20.3 Å². The summed E-state index contributed by atoms with van der Waals surface area (Å²) in [4.78, 5) is 11.5. The van der Waals surface area contributed by atoms with Crippen LogP contribution >= 0.6 is 0 Å².